The monoisotopic (exact) mass is 245 g/mol. The van der Waals surface area contributed by atoms with Crippen LogP contribution in [0.4, 0.5) is 0 Å². The lowest BCUT2D eigenvalue weighted by Crippen LogP contribution is -2.01. The van der Waals surface area contributed by atoms with E-state index in [4.69, 9.17) is 0 Å². The van der Waals surface area contributed by atoms with Gasteiger partial charge in [-0.15, -0.1) is 11.8 Å². The van der Waals surface area contributed by atoms with Crippen molar-refractivity contribution in [1.29, 1.82) is 0 Å². The number of benzene rings is 1. The molecular formula is C14H15NOS. The molecule has 0 unspecified atom stereocenters. The van der Waals surface area contributed by atoms with Gasteiger partial charge in [-0.25, -0.2) is 4.98 Å². The summed E-state index contributed by atoms with van der Waals surface area (Å²) in [5, 5.41) is 11.2. The van der Waals surface area contributed by atoms with Gasteiger partial charge in [-0.3, -0.25) is 0 Å². The van der Waals surface area contributed by atoms with Crippen molar-refractivity contribution >= 4 is 11.8 Å². The predicted molar refractivity (Wildman–Crippen MR) is 71.3 cm³/mol. The van der Waals surface area contributed by atoms with E-state index in [-0.39, 0.29) is 0 Å². The van der Waals surface area contributed by atoms with Crippen LogP contribution >= 0.6 is 11.8 Å². The fourth-order valence-electron chi connectivity index (χ4n) is 1.77. The number of thioether (sulfide) groups is 1. The summed E-state index contributed by atoms with van der Waals surface area (Å²) in [7, 11) is 0. The van der Waals surface area contributed by atoms with Crippen LogP contribution in [0.15, 0.2) is 47.6 Å². The molecule has 0 fully saturated rings. The van der Waals surface area contributed by atoms with Crippen LogP contribution in [0.1, 0.15) is 22.8 Å². The largest absolute Gasteiger partial charge is 0.384 e. The molecule has 1 heterocycles. The molecule has 2 rings (SSSR count). The lowest BCUT2D eigenvalue weighted by atomic mass is 10.0. The van der Waals surface area contributed by atoms with Gasteiger partial charge < -0.3 is 5.11 Å². The number of nitrogens with zero attached hydrogens (tertiary/aromatic N) is 1. The molecule has 0 bridgehead atoms. The van der Waals surface area contributed by atoms with Crippen molar-refractivity contribution in [3.63, 3.8) is 0 Å². The highest BCUT2D eigenvalue weighted by Crippen LogP contribution is 2.24. The Morgan fingerprint density at radius 3 is 2.47 bits per heavy atom. The van der Waals surface area contributed by atoms with Crippen LogP contribution in [0.25, 0.3) is 0 Å². The van der Waals surface area contributed by atoms with Crippen molar-refractivity contribution in [2.24, 2.45) is 0 Å². The first-order chi connectivity index (χ1) is 8.22. The average molecular weight is 245 g/mol. The van der Waals surface area contributed by atoms with Gasteiger partial charge in [0, 0.05) is 11.8 Å². The van der Waals surface area contributed by atoms with Crippen LogP contribution in [-0.4, -0.2) is 16.3 Å². The van der Waals surface area contributed by atoms with E-state index in [1.165, 1.54) is 0 Å². The van der Waals surface area contributed by atoms with Gasteiger partial charge in [0.15, 0.2) is 0 Å². The molecule has 1 atom stereocenters. The van der Waals surface area contributed by atoms with Crippen molar-refractivity contribution in [1.82, 2.24) is 4.98 Å². The van der Waals surface area contributed by atoms with E-state index in [1.807, 2.05) is 49.6 Å². The van der Waals surface area contributed by atoms with Crippen LogP contribution < -0.4 is 0 Å². The number of aromatic nitrogens is 1. The van der Waals surface area contributed by atoms with Crippen LogP contribution in [0.3, 0.4) is 0 Å². The summed E-state index contributed by atoms with van der Waals surface area (Å²) >= 11 is 1.62. The summed E-state index contributed by atoms with van der Waals surface area (Å²) in [4.78, 5) is 4.35. The molecule has 1 N–H and O–H groups in total. The zero-order valence-electron chi connectivity index (χ0n) is 9.92. The number of aliphatic hydroxyl groups is 1. The maximum atomic E-state index is 10.2. The average Bonchev–Trinajstić information content (AvgIpc) is 2.39. The van der Waals surface area contributed by atoms with Gasteiger partial charge in [0.2, 0.25) is 0 Å². The molecular weight excluding hydrogens is 230 g/mol. The molecule has 0 spiro atoms. The number of hydrogen-bond acceptors (Lipinski definition) is 3. The Balaban J connectivity index is 2.32. The highest BCUT2D eigenvalue weighted by molar-refractivity contribution is 7.98. The first kappa shape index (κ1) is 12.1. The molecule has 1 aromatic carbocycles. The van der Waals surface area contributed by atoms with Gasteiger partial charge in [0.05, 0.1) is 5.03 Å². The van der Waals surface area contributed by atoms with Gasteiger partial charge in [0.1, 0.15) is 6.10 Å². The van der Waals surface area contributed by atoms with Crippen molar-refractivity contribution in [3.05, 3.63) is 59.3 Å². The molecule has 3 heteroatoms. The van der Waals surface area contributed by atoms with Crippen LogP contribution in [-0.2, 0) is 0 Å². The SMILES string of the molecule is CSc1ncc([C@@H](O)c2ccccc2)cc1C. The van der Waals surface area contributed by atoms with E-state index in [2.05, 4.69) is 4.98 Å². The lowest BCUT2D eigenvalue weighted by molar-refractivity contribution is 0.219. The molecule has 0 saturated heterocycles. The molecule has 2 nitrogen and oxygen atoms in total. The van der Waals surface area contributed by atoms with E-state index >= 15 is 0 Å². The zero-order chi connectivity index (χ0) is 12.3. The number of rotatable bonds is 3. The Kier molecular flexibility index (Phi) is 3.82. The van der Waals surface area contributed by atoms with Crippen LogP contribution in [0.2, 0.25) is 0 Å². The maximum absolute atomic E-state index is 10.2. The van der Waals surface area contributed by atoms with E-state index in [0.717, 1.165) is 21.7 Å². The Morgan fingerprint density at radius 2 is 1.88 bits per heavy atom. The fourth-order valence-corrected chi connectivity index (χ4v) is 2.31. The molecule has 0 aliphatic carbocycles. The van der Waals surface area contributed by atoms with Gasteiger partial charge in [-0.1, -0.05) is 30.3 Å². The van der Waals surface area contributed by atoms with E-state index in [9.17, 15) is 5.11 Å². The third kappa shape index (κ3) is 2.68. The fraction of sp³-hybridized carbons (Fsp3) is 0.214. The second kappa shape index (κ2) is 5.34. The molecule has 0 aliphatic heterocycles. The van der Waals surface area contributed by atoms with Gasteiger partial charge >= 0.3 is 0 Å². The minimum Gasteiger partial charge on any atom is -0.384 e. The van der Waals surface area contributed by atoms with Crippen molar-refractivity contribution < 1.29 is 5.11 Å². The Bertz CT molecular complexity index is 499. The van der Waals surface area contributed by atoms with E-state index < -0.39 is 6.10 Å². The van der Waals surface area contributed by atoms with Crippen molar-refractivity contribution in [3.8, 4) is 0 Å². The first-order valence-electron chi connectivity index (χ1n) is 5.46. The smallest absolute Gasteiger partial charge is 0.106 e. The first-order valence-corrected chi connectivity index (χ1v) is 6.68. The van der Waals surface area contributed by atoms with E-state index in [1.54, 1.807) is 18.0 Å². The van der Waals surface area contributed by atoms with Crippen LogP contribution in [0.5, 0.6) is 0 Å². The highest BCUT2D eigenvalue weighted by Gasteiger charge is 2.11. The summed E-state index contributed by atoms with van der Waals surface area (Å²) in [5.41, 5.74) is 2.84. The summed E-state index contributed by atoms with van der Waals surface area (Å²) in [6.07, 6.45) is 3.15. The van der Waals surface area contributed by atoms with Crippen molar-refractivity contribution in [2.75, 3.05) is 6.26 Å². The van der Waals surface area contributed by atoms with Crippen molar-refractivity contribution in [2.45, 2.75) is 18.1 Å². The predicted octanol–water partition coefficient (Wildman–Crippen LogP) is 3.19. The Labute approximate surface area is 106 Å². The molecule has 0 aliphatic rings. The highest BCUT2D eigenvalue weighted by atomic mass is 32.2. The summed E-state index contributed by atoms with van der Waals surface area (Å²) in [5.74, 6) is 0. The molecule has 88 valence electrons. The summed E-state index contributed by atoms with van der Waals surface area (Å²) in [6.45, 7) is 2.01. The third-order valence-electron chi connectivity index (χ3n) is 2.68. The number of hydrogen-bond donors (Lipinski definition) is 1. The topological polar surface area (TPSA) is 33.1 Å². The zero-order valence-corrected chi connectivity index (χ0v) is 10.7. The number of aryl methyl sites for hydroxylation is 1. The lowest BCUT2D eigenvalue weighted by Gasteiger charge is -2.12. The second-order valence-electron chi connectivity index (χ2n) is 3.91. The minimum atomic E-state index is -0.599. The second-order valence-corrected chi connectivity index (χ2v) is 4.70. The molecule has 0 saturated carbocycles. The van der Waals surface area contributed by atoms with Gasteiger partial charge in [-0.2, -0.15) is 0 Å². The molecule has 0 amide bonds. The standard InChI is InChI=1S/C14H15NOS/c1-10-8-12(9-15-14(10)17-2)13(16)11-6-4-3-5-7-11/h3-9,13,16H,1-2H3/t13-/m0/s1. The number of aliphatic hydroxyl groups excluding tert-OH is 1. The molecule has 1 aromatic heterocycles. The summed E-state index contributed by atoms with van der Waals surface area (Å²) < 4.78 is 0. The Morgan fingerprint density at radius 1 is 1.18 bits per heavy atom. The van der Waals surface area contributed by atoms with Gasteiger partial charge in [0.25, 0.3) is 0 Å². The minimum absolute atomic E-state index is 0.599. The third-order valence-corrected chi connectivity index (χ3v) is 3.49. The molecule has 17 heavy (non-hydrogen) atoms. The maximum Gasteiger partial charge on any atom is 0.106 e. The number of pyridine rings is 1. The molecule has 2 aromatic rings. The normalized spacial score (nSPS) is 12.4. The Hall–Kier alpha value is -1.32. The van der Waals surface area contributed by atoms with Gasteiger partial charge in [-0.05, 0) is 30.4 Å². The molecule has 0 radical (unpaired) electrons. The van der Waals surface area contributed by atoms with E-state index in [0.29, 0.717) is 0 Å². The quantitative estimate of drug-likeness (QED) is 0.843. The van der Waals surface area contributed by atoms with Crippen LogP contribution in [0, 0.1) is 6.92 Å². The summed E-state index contributed by atoms with van der Waals surface area (Å²) in [6, 6.07) is 11.6.